The van der Waals surface area contributed by atoms with E-state index in [1.165, 1.54) is 7.11 Å². The maximum atomic E-state index is 11.1. The van der Waals surface area contributed by atoms with Gasteiger partial charge in [0.15, 0.2) is 0 Å². The van der Waals surface area contributed by atoms with E-state index in [1.54, 1.807) is 19.1 Å². The number of hydrogen-bond donors (Lipinski definition) is 2. The Bertz CT molecular complexity index is 381. The van der Waals surface area contributed by atoms with Crippen molar-refractivity contribution in [3.05, 3.63) is 28.2 Å². The number of esters is 1. The van der Waals surface area contributed by atoms with Crippen LogP contribution in [0.5, 0.6) is 5.75 Å². The normalized spacial score (nSPS) is 12.2. The Morgan fingerprint density at radius 1 is 1.62 bits per heavy atom. The van der Waals surface area contributed by atoms with Crippen molar-refractivity contribution in [2.24, 2.45) is 0 Å². The zero-order valence-corrected chi connectivity index (χ0v) is 10.7. The summed E-state index contributed by atoms with van der Waals surface area (Å²) in [6.07, 6.45) is 0. The van der Waals surface area contributed by atoms with Gasteiger partial charge >= 0.3 is 5.97 Å². The zero-order valence-electron chi connectivity index (χ0n) is 9.16. The molecule has 0 aliphatic rings. The molecule has 0 aliphatic heterocycles. The number of rotatable bonds is 4. The highest BCUT2D eigenvalue weighted by Gasteiger charge is 2.13. The van der Waals surface area contributed by atoms with Gasteiger partial charge in [0, 0.05) is 12.1 Å². The summed E-state index contributed by atoms with van der Waals surface area (Å²) in [5.41, 5.74) is 0.727. The van der Waals surface area contributed by atoms with Gasteiger partial charge in [0.25, 0.3) is 0 Å². The summed E-state index contributed by atoms with van der Waals surface area (Å²) < 4.78 is 5.22. The second-order valence-electron chi connectivity index (χ2n) is 3.37. The average Bonchev–Trinajstić information content (AvgIpc) is 2.29. The van der Waals surface area contributed by atoms with E-state index in [9.17, 15) is 9.90 Å². The van der Waals surface area contributed by atoms with Crippen LogP contribution >= 0.6 is 15.9 Å². The molecule has 4 nitrogen and oxygen atoms in total. The monoisotopic (exact) mass is 287 g/mol. The largest absolute Gasteiger partial charge is 0.506 e. The number of nitrogens with one attached hydrogen (secondary N) is 1. The third-order valence-electron chi connectivity index (χ3n) is 2.22. The molecule has 1 atom stereocenters. The first-order valence-electron chi connectivity index (χ1n) is 4.83. The molecule has 5 heteroatoms. The molecule has 0 bridgehead atoms. The third-order valence-corrected chi connectivity index (χ3v) is 2.86. The number of aromatic hydroxyl groups is 1. The quantitative estimate of drug-likeness (QED) is 0.830. The van der Waals surface area contributed by atoms with E-state index in [2.05, 4.69) is 26.0 Å². The van der Waals surface area contributed by atoms with E-state index < -0.39 is 6.04 Å². The molecule has 0 spiro atoms. The van der Waals surface area contributed by atoms with E-state index in [0.29, 0.717) is 11.0 Å². The molecular formula is C11H14BrNO3. The van der Waals surface area contributed by atoms with Crippen LogP contribution in [0.2, 0.25) is 0 Å². The van der Waals surface area contributed by atoms with Crippen molar-refractivity contribution in [3.8, 4) is 5.75 Å². The Kier molecular flexibility index (Phi) is 4.76. The predicted molar refractivity (Wildman–Crippen MR) is 64.1 cm³/mol. The fraction of sp³-hybridized carbons (Fsp3) is 0.364. The Morgan fingerprint density at radius 3 is 2.94 bits per heavy atom. The zero-order chi connectivity index (χ0) is 12.1. The Hall–Kier alpha value is -1.07. The highest BCUT2D eigenvalue weighted by atomic mass is 79.9. The van der Waals surface area contributed by atoms with Crippen LogP contribution < -0.4 is 5.32 Å². The minimum absolute atomic E-state index is 0.187. The summed E-state index contributed by atoms with van der Waals surface area (Å²) in [6.45, 7) is 2.11. The van der Waals surface area contributed by atoms with E-state index in [1.807, 2.05) is 6.07 Å². The molecule has 0 saturated carbocycles. The average molecular weight is 288 g/mol. The lowest BCUT2D eigenvalue weighted by atomic mass is 10.2. The van der Waals surface area contributed by atoms with Crippen LogP contribution in [0.4, 0.5) is 0 Å². The van der Waals surface area contributed by atoms with Crippen LogP contribution in [-0.4, -0.2) is 24.2 Å². The molecule has 0 aromatic heterocycles. The molecule has 0 radical (unpaired) electrons. The summed E-state index contributed by atoms with van der Waals surface area (Å²) in [6, 6.07) is 4.96. The highest BCUT2D eigenvalue weighted by molar-refractivity contribution is 9.10. The molecule has 0 saturated heterocycles. The van der Waals surface area contributed by atoms with Gasteiger partial charge in [0.05, 0.1) is 11.6 Å². The van der Waals surface area contributed by atoms with Crippen LogP contribution in [-0.2, 0) is 16.1 Å². The van der Waals surface area contributed by atoms with Crippen molar-refractivity contribution in [2.45, 2.75) is 19.5 Å². The van der Waals surface area contributed by atoms with E-state index in [0.717, 1.165) is 5.56 Å². The molecule has 1 aromatic carbocycles. The molecule has 0 aliphatic carbocycles. The molecule has 1 aromatic rings. The van der Waals surface area contributed by atoms with E-state index >= 15 is 0 Å². The number of methoxy groups -OCH3 is 1. The van der Waals surface area contributed by atoms with Gasteiger partial charge in [-0.25, -0.2) is 0 Å². The Morgan fingerprint density at radius 2 is 2.31 bits per heavy atom. The van der Waals surface area contributed by atoms with Crippen LogP contribution in [0, 0.1) is 0 Å². The number of carbonyl (C=O) groups excluding carboxylic acids is 1. The topological polar surface area (TPSA) is 58.6 Å². The highest BCUT2D eigenvalue weighted by Crippen LogP contribution is 2.27. The van der Waals surface area contributed by atoms with Crippen molar-refractivity contribution in [3.63, 3.8) is 0 Å². The lowest BCUT2D eigenvalue weighted by Gasteiger charge is -2.12. The Balaban J connectivity index is 2.61. The number of carbonyl (C=O) groups is 1. The fourth-order valence-corrected chi connectivity index (χ4v) is 1.63. The Labute approximate surface area is 103 Å². The number of phenols is 1. The number of hydrogen-bond acceptors (Lipinski definition) is 4. The van der Waals surface area contributed by atoms with Crippen LogP contribution in [0.25, 0.3) is 0 Å². The number of ether oxygens (including phenoxy) is 1. The van der Waals surface area contributed by atoms with E-state index in [4.69, 9.17) is 0 Å². The van der Waals surface area contributed by atoms with Crippen LogP contribution in [0.15, 0.2) is 22.7 Å². The SMILES string of the molecule is COC(=O)[C@H](C)NCc1cccc(Br)c1O. The molecule has 16 heavy (non-hydrogen) atoms. The number of phenolic OH excluding ortho intramolecular Hbond substituents is 1. The number of halogens is 1. The van der Waals surface area contributed by atoms with Gasteiger partial charge in [-0.05, 0) is 28.9 Å². The van der Waals surface area contributed by atoms with Crippen LogP contribution in [0.1, 0.15) is 12.5 Å². The maximum absolute atomic E-state index is 11.1. The summed E-state index contributed by atoms with van der Waals surface area (Å²) >= 11 is 3.23. The van der Waals surface area contributed by atoms with Crippen molar-refractivity contribution in [1.29, 1.82) is 0 Å². The molecule has 0 fully saturated rings. The first-order chi connectivity index (χ1) is 7.56. The molecule has 88 valence electrons. The fourth-order valence-electron chi connectivity index (χ4n) is 1.23. The second-order valence-corrected chi connectivity index (χ2v) is 4.23. The van der Waals surface area contributed by atoms with Gasteiger partial charge < -0.3 is 15.2 Å². The molecule has 0 unspecified atom stereocenters. The third kappa shape index (κ3) is 3.21. The lowest BCUT2D eigenvalue weighted by molar-refractivity contribution is -0.142. The van der Waals surface area contributed by atoms with E-state index in [-0.39, 0.29) is 11.7 Å². The number of para-hydroxylation sites is 1. The molecule has 2 N–H and O–H groups in total. The summed E-state index contributed by atoms with van der Waals surface area (Å²) in [5.74, 6) is -0.137. The second kappa shape index (κ2) is 5.86. The van der Waals surface area contributed by atoms with Crippen LogP contribution in [0.3, 0.4) is 0 Å². The van der Waals surface area contributed by atoms with Gasteiger partial charge in [-0.1, -0.05) is 12.1 Å². The lowest BCUT2D eigenvalue weighted by Crippen LogP contribution is -2.34. The standard InChI is InChI=1S/C11H14BrNO3/c1-7(11(15)16-2)13-6-8-4-3-5-9(12)10(8)14/h3-5,7,13-14H,6H2,1-2H3/t7-/m0/s1. The first-order valence-corrected chi connectivity index (χ1v) is 5.63. The minimum atomic E-state index is -0.400. The molecule has 1 rings (SSSR count). The van der Waals surface area contributed by atoms with Gasteiger partial charge in [-0.15, -0.1) is 0 Å². The smallest absolute Gasteiger partial charge is 0.322 e. The first kappa shape index (κ1) is 13.0. The van der Waals surface area contributed by atoms with Gasteiger partial charge in [-0.2, -0.15) is 0 Å². The summed E-state index contributed by atoms with van der Waals surface area (Å²) in [7, 11) is 1.34. The summed E-state index contributed by atoms with van der Waals surface area (Å²) in [4.78, 5) is 11.1. The van der Waals surface area contributed by atoms with Crippen molar-refractivity contribution in [2.75, 3.05) is 7.11 Å². The van der Waals surface area contributed by atoms with Gasteiger partial charge in [-0.3, -0.25) is 4.79 Å². The maximum Gasteiger partial charge on any atom is 0.322 e. The minimum Gasteiger partial charge on any atom is -0.506 e. The summed E-state index contributed by atoms with van der Waals surface area (Å²) in [5, 5.41) is 12.7. The number of benzene rings is 1. The molecule has 0 heterocycles. The molecule has 0 amide bonds. The molecular weight excluding hydrogens is 274 g/mol. The van der Waals surface area contributed by atoms with Gasteiger partial charge in [0.2, 0.25) is 0 Å². The van der Waals surface area contributed by atoms with Crippen molar-refractivity contribution in [1.82, 2.24) is 5.32 Å². The van der Waals surface area contributed by atoms with Crippen molar-refractivity contribution < 1.29 is 14.6 Å². The van der Waals surface area contributed by atoms with Crippen molar-refractivity contribution >= 4 is 21.9 Å². The van der Waals surface area contributed by atoms with Gasteiger partial charge in [0.1, 0.15) is 11.8 Å². The predicted octanol–water partition coefficient (Wildman–Crippen LogP) is 1.81.